The molecular formula is C18H29N3. The minimum Gasteiger partial charge on any atom is -0.397 e. The normalized spacial score (nSPS) is 21.8. The van der Waals surface area contributed by atoms with Gasteiger partial charge in [-0.15, -0.1) is 0 Å². The summed E-state index contributed by atoms with van der Waals surface area (Å²) in [6.45, 7) is 0.946. The summed E-state index contributed by atoms with van der Waals surface area (Å²) in [5.74, 6) is 0. The monoisotopic (exact) mass is 287 g/mol. The van der Waals surface area contributed by atoms with Gasteiger partial charge in [0.05, 0.1) is 11.4 Å². The summed E-state index contributed by atoms with van der Waals surface area (Å²) in [5, 5.41) is 0. The van der Waals surface area contributed by atoms with E-state index in [1.807, 2.05) is 18.3 Å². The lowest BCUT2D eigenvalue weighted by Gasteiger charge is -2.41. The predicted octanol–water partition coefficient (Wildman–Crippen LogP) is 4.13. The molecule has 0 saturated heterocycles. The van der Waals surface area contributed by atoms with Gasteiger partial charge in [-0.05, 0) is 37.8 Å². The molecule has 1 heterocycles. The number of pyridine rings is 1. The van der Waals surface area contributed by atoms with Gasteiger partial charge in [-0.2, -0.15) is 0 Å². The SMILES string of the molecule is Nc1cccnc1CN(C1CCCCC1)C1CCCCC1. The molecule has 116 valence electrons. The summed E-state index contributed by atoms with van der Waals surface area (Å²) < 4.78 is 0. The number of aromatic nitrogens is 1. The Morgan fingerprint density at radius 3 is 2.05 bits per heavy atom. The standard InChI is InChI=1S/C18H29N3/c19-17-12-7-13-20-18(17)14-21(15-8-3-1-4-9-15)16-10-5-2-6-11-16/h7,12-13,15-16H,1-6,8-11,14,19H2. The lowest BCUT2D eigenvalue weighted by Crippen LogP contribution is -2.44. The maximum Gasteiger partial charge on any atom is 0.0772 e. The third-order valence-electron chi connectivity index (χ3n) is 5.35. The highest BCUT2D eigenvalue weighted by Crippen LogP contribution is 2.31. The molecule has 2 aliphatic rings. The minimum atomic E-state index is 0.753. The fraction of sp³-hybridized carbons (Fsp3) is 0.722. The fourth-order valence-electron chi connectivity index (χ4n) is 4.14. The first kappa shape index (κ1) is 14.8. The Kier molecular flexibility index (Phi) is 5.13. The summed E-state index contributed by atoms with van der Waals surface area (Å²) in [6.07, 6.45) is 15.8. The molecule has 3 heteroatoms. The van der Waals surface area contributed by atoms with E-state index in [1.165, 1.54) is 64.2 Å². The molecule has 0 bridgehead atoms. The van der Waals surface area contributed by atoms with Crippen LogP contribution in [0.15, 0.2) is 18.3 Å². The van der Waals surface area contributed by atoms with E-state index in [0.29, 0.717) is 0 Å². The van der Waals surface area contributed by atoms with Gasteiger partial charge in [0.25, 0.3) is 0 Å². The second-order valence-electron chi connectivity index (χ2n) is 6.80. The highest BCUT2D eigenvalue weighted by atomic mass is 15.2. The number of nitrogens with zero attached hydrogens (tertiary/aromatic N) is 2. The number of hydrogen-bond acceptors (Lipinski definition) is 3. The maximum atomic E-state index is 6.14. The van der Waals surface area contributed by atoms with Crippen molar-refractivity contribution >= 4 is 5.69 Å². The Hall–Kier alpha value is -1.09. The van der Waals surface area contributed by atoms with E-state index in [-0.39, 0.29) is 0 Å². The Balaban J connectivity index is 1.75. The Bertz CT molecular complexity index is 416. The van der Waals surface area contributed by atoms with Gasteiger partial charge in [-0.25, -0.2) is 0 Å². The average molecular weight is 287 g/mol. The van der Waals surface area contributed by atoms with E-state index in [9.17, 15) is 0 Å². The van der Waals surface area contributed by atoms with Crippen LogP contribution in [0.5, 0.6) is 0 Å². The molecule has 2 saturated carbocycles. The highest BCUT2D eigenvalue weighted by Gasteiger charge is 2.29. The zero-order valence-corrected chi connectivity index (χ0v) is 13.1. The van der Waals surface area contributed by atoms with Crippen molar-refractivity contribution in [2.45, 2.75) is 82.8 Å². The number of nitrogens with two attached hydrogens (primary N) is 1. The van der Waals surface area contributed by atoms with Crippen molar-refractivity contribution in [3.05, 3.63) is 24.0 Å². The number of rotatable bonds is 4. The van der Waals surface area contributed by atoms with Crippen molar-refractivity contribution in [3.8, 4) is 0 Å². The zero-order valence-electron chi connectivity index (χ0n) is 13.1. The molecule has 0 radical (unpaired) electrons. The zero-order chi connectivity index (χ0) is 14.5. The largest absolute Gasteiger partial charge is 0.397 e. The molecular weight excluding hydrogens is 258 g/mol. The number of nitrogen functional groups attached to an aromatic ring is 1. The Labute approximate surface area is 128 Å². The first-order valence-corrected chi connectivity index (χ1v) is 8.79. The first-order valence-electron chi connectivity index (χ1n) is 8.79. The molecule has 0 unspecified atom stereocenters. The van der Waals surface area contributed by atoms with Crippen LogP contribution in [0.2, 0.25) is 0 Å². The van der Waals surface area contributed by atoms with E-state index < -0.39 is 0 Å². The molecule has 2 aliphatic carbocycles. The van der Waals surface area contributed by atoms with Gasteiger partial charge in [0.2, 0.25) is 0 Å². The summed E-state index contributed by atoms with van der Waals surface area (Å²) in [4.78, 5) is 7.30. The number of hydrogen-bond donors (Lipinski definition) is 1. The average Bonchev–Trinajstić information content (AvgIpc) is 2.56. The summed E-state index contributed by atoms with van der Waals surface area (Å²) in [7, 11) is 0. The quantitative estimate of drug-likeness (QED) is 0.905. The predicted molar refractivity (Wildman–Crippen MR) is 87.9 cm³/mol. The van der Waals surface area contributed by atoms with Crippen LogP contribution >= 0.6 is 0 Å². The van der Waals surface area contributed by atoms with Gasteiger partial charge < -0.3 is 5.73 Å². The van der Waals surface area contributed by atoms with E-state index in [0.717, 1.165) is 30.0 Å². The second-order valence-corrected chi connectivity index (χ2v) is 6.80. The molecule has 3 nitrogen and oxygen atoms in total. The van der Waals surface area contributed by atoms with Crippen LogP contribution in [0.1, 0.15) is 69.9 Å². The van der Waals surface area contributed by atoms with Crippen LogP contribution in [-0.4, -0.2) is 22.0 Å². The number of anilines is 1. The maximum absolute atomic E-state index is 6.14. The topological polar surface area (TPSA) is 42.1 Å². The van der Waals surface area contributed by atoms with Gasteiger partial charge in [-0.3, -0.25) is 9.88 Å². The van der Waals surface area contributed by atoms with Gasteiger partial charge >= 0.3 is 0 Å². The van der Waals surface area contributed by atoms with Crippen molar-refractivity contribution in [2.24, 2.45) is 0 Å². The van der Waals surface area contributed by atoms with Gasteiger partial charge in [0.1, 0.15) is 0 Å². The highest BCUT2D eigenvalue weighted by molar-refractivity contribution is 5.41. The Morgan fingerprint density at radius 2 is 1.52 bits per heavy atom. The molecule has 3 rings (SSSR count). The van der Waals surface area contributed by atoms with Crippen molar-refractivity contribution in [2.75, 3.05) is 5.73 Å². The molecule has 1 aromatic heterocycles. The van der Waals surface area contributed by atoms with Gasteiger partial charge in [-0.1, -0.05) is 38.5 Å². The van der Waals surface area contributed by atoms with E-state index in [4.69, 9.17) is 5.73 Å². The first-order chi connectivity index (χ1) is 10.3. The molecule has 0 spiro atoms. The molecule has 1 aromatic rings. The third kappa shape index (κ3) is 3.76. The molecule has 2 fully saturated rings. The molecule has 0 aliphatic heterocycles. The summed E-state index contributed by atoms with van der Waals surface area (Å²) in [5.41, 5.74) is 8.07. The van der Waals surface area contributed by atoms with Crippen molar-refractivity contribution in [3.63, 3.8) is 0 Å². The fourth-order valence-corrected chi connectivity index (χ4v) is 4.14. The third-order valence-corrected chi connectivity index (χ3v) is 5.35. The van der Waals surface area contributed by atoms with Gasteiger partial charge in [0, 0.05) is 24.8 Å². The van der Waals surface area contributed by atoms with Gasteiger partial charge in [0.15, 0.2) is 0 Å². The van der Waals surface area contributed by atoms with Crippen LogP contribution in [-0.2, 0) is 6.54 Å². The minimum absolute atomic E-state index is 0.753. The lowest BCUT2D eigenvalue weighted by molar-refractivity contribution is 0.0721. The molecule has 21 heavy (non-hydrogen) atoms. The summed E-state index contributed by atoms with van der Waals surface area (Å²) >= 11 is 0. The lowest BCUT2D eigenvalue weighted by atomic mass is 9.88. The van der Waals surface area contributed by atoms with Crippen molar-refractivity contribution in [1.29, 1.82) is 0 Å². The van der Waals surface area contributed by atoms with Crippen LogP contribution in [0, 0.1) is 0 Å². The van der Waals surface area contributed by atoms with Crippen LogP contribution in [0.4, 0.5) is 5.69 Å². The summed E-state index contributed by atoms with van der Waals surface area (Å²) in [6, 6.07) is 5.43. The smallest absolute Gasteiger partial charge is 0.0772 e. The van der Waals surface area contributed by atoms with E-state index >= 15 is 0 Å². The van der Waals surface area contributed by atoms with Crippen molar-refractivity contribution in [1.82, 2.24) is 9.88 Å². The van der Waals surface area contributed by atoms with E-state index in [2.05, 4.69) is 9.88 Å². The van der Waals surface area contributed by atoms with E-state index in [1.54, 1.807) is 0 Å². The van der Waals surface area contributed by atoms with Crippen molar-refractivity contribution < 1.29 is 0 Å². The molecule has 0 aromatic carbocycles. The second kappa shape index (κ2) is 7.26. The van der Waals surface area contributed by atoms with Crippen LogP contribution in [0.3, 0.4) is 0 Å². The molecule has 0 atom stereocenters. The van der Waals surface area contributed by atoms with Crippen LogP contribution < -0.4 is 5.73 Å². The molecule has 2 N–H and O–H groups in total. The van der Waals surface area contributed by atoms with Crippen LogP contribution in [0.25, 0.3) is 0 Å². The Morgan fingerprint density at radius 1 is 0.952 bits per heavy atom. The molecule has 0 amide bonds.